The van der Waals surface area contributed by atoms with Gasteiger partial charge in [0.1, 0.15) is 6.61 Å². The van der Waals surface area contributed by atoms with Crippen molar-refractivity contribution in [3.8, 4) is 0 Å². The zero-order valence-corrected chi connectivity index (χ0v) is 21.6. The molecule has 1 heterocycles. The minimum absolute atomic E-state index is 0.157. The van der Waals surface area contributed by atoms with Crippen LogP contribution < -0.4 is 10.4 Å². The van der Waals surface area contributed by atoms with Crippen molar-refractivity contribution in [3.05, 3.63) is 64.8 Å². The normalized spacial score (nSPS) is 18.1. The maximum absolute atomic E-state index is 7.00. The highest BCUT2D eigenvalue weighted by atomic mass is 79.9. The number of aliphatic hydroxyl groups is 1. The number of halogens is 1. The van der Waals surface area contributed by atoms with E-state index in [2.05, 4.69) is 81.3 Å². The number of nitrogens with zero attached hydrogens (tertiary/aromatic N) is 4. The van der Waals surface area contributed by atoms with Crippen LogP contribution in [0, 0.1) is 11.8 Å². The Labute approximate surface area is 206 Å². The first-order valence-corrected chi connectivity index (χ1v) is 11.8. The number of fused-ring (bicyclic) bond motifs is 1. The number of hydrogen-bond donors (Lipinski definition) is 2. The number of aliphatic hydroxyl groups excluding tert-OH is 1. The van der Waals surface area contributed by atoms with E-state index in [-0.39, 0.29) is 5.92 Å². The molecule has 0 aromatic heterocycles. The van der Waals surface area contributed by atoms with Crippen LogP contribution >= 0.6 is 15.9 Å². The molecule has 1 aromatic carbocycles. The molecule has 2 N–H and O–H groups in total. The second-order valence-corrected chi connectivity index (χ2v) is 7.90. The highest BCUT2D eigenvalue weighted by Gasteiger charge is 2.27. The summed E-state index contributed by atoms with van der Waals surface area (Å²) in [5.41, 5.74) is 1.99. The third kappa shape index (κ3) is 9.45. The van der Waals surface area contributed by atoms with Crippen molar-refractivity contribution in [1.29, 1.82) is 0 Å². The van der Waals surface area contributed by atoms with Crippen molar-refractivity contribution < 1.29 is 9.84 Å². The summed E-state index contributed by atoms with van der Waals surface area (Å²) in [4.78, 5) is 4.42. The molecule has 0 saturated heterocycles. The topological polar surface area (TPSA) is 81.8 Å². The number of rotatable bonds is 8. The Bertz CT molecular complexity index is 864. The average molecular weight is 519 g/mol. The van der Waals surface area contributed by atoms with E-state index in [1.165, 1.54) is 11.5 Å². The number of aliphatic imine (C=N–C) groups is 1. The van der Waals surface area contributed by atoms with Gasteiger partial charge in [0.15, 0.2) is 5.90 Å². The summed E-state index contributed by atoms with van der Waals surface area (Å²) in [6, 6.07) is 7.97. The Morgan fingerprint density at radius 2 is 2.00 bits per heavy atom. The second-order valence-electron chi connectivity index (χ2n) is 6.99. The monoisotopic (exact) mass is 517 g/mol. The standard InChI is InChI=1S/C21H24BrN5O.C3H8.CH4O/c1-3-26-27(23-2)20-7-5-4-6-17(20)15-24-12-13-28-21-19-14-18(22)9-8-16(19)10-11-25-21;1-3-2;1-2/h3-11,14,16,19,24H,2,12-13,15H2,1H3;3H2,1-2H3;2H,1H3/b26-3-;;. The number of ether oxygens (including phenoxy) is 1. The highest BCUT2D eigenvalue weighted by molar-refractivity contribution is 9.11. The smallest absolute Gasteiger partial charge is 0.195 e. The summed E-state index contributed by atoms with van der Waals surface area (Å²) in [6.45, 7) is 11.6. The molecule has 33 heavy (non-hydrogen) atoms. The Morgan fingerprint density at radius 3 is 2.70 bits per heavy atom. The predicted molar refractivity (Wildman–Crippen MR) is 144 cm³/mol. The largest absolute Gasteiger partial charge is 0.479 e. The minimum atomic E-state index is 0.157. The molecule has 1 aliphatic carbocycles. The molecule has 7 nitrogen and oxygen atoms in total. The first-order chi connectivity index (χ1) is 16.1. The van der Waals surface area contributed by atoms with Crippen LogP contribution in [0.4, 0.5) is 5.69 Å². The lowest BCUT2D eigenvalue weighted by atomic mass is 9.87. The van der Waals surface area contributed by atoms with Crippen LogP contribution in [0.5, 0.6) is 0 Å². The highest BCUT2D eigenvalue weighted by Crippen LogP contribution is 2.30. The maximum atomic E-state index is 7.00. The average Bonchev–Trinajstić information content (AvgIpc) is 2.84. The van der Waals surface area contributed by atoms with Crippen LogP contribution in [0.15, 0.2) is 74.4 Å². The molecule has 3 rings (SSSR count). The Morgan fingerprint density at radius 1 is 1.27 bits per heavy atom. The number of allylic oxidation sites excluding steroid dienone is 4. The maximum Gasteiger partial charge on any atom is 0.195 e. The van der Waals surface area contributed by atoms with Gasteiger partial charge in [-0.25, -0.2) is 4.99 Å². The zero-order chi connectivity index (χ0) is 24.5. The number of anilines is 1. The molecule has 0 fully saturated rings. The van der Waals surface area contributed by atoms with Gasteiger partial charge in [-0.2, -0.15) is 15.3 Å². The van der Waals surface area contributed by atoms with Crippen molar-refractivity contribution in [1.82, 2.24) is 5.32 Å². The number of para-hydroxylation sites is 1. The first kappa shape index (κ1) is 28.5. The Kier molecular flexibility index (Phi) is 14.7. The van der Waals surface area contributed by atoms with Gasteiger partial charge >= 0.3 is 0 Å². The van der Waals surface area contributed by atoms with E-state index in [0.717, 1.165) is 28.7 Å². The van der Waals surface area contributed by atoms with Crippen molar-refractivity contribution in [2.75, 3.05) is 25.4 Å². The fourth-order valence-corrected chi connectivity index (χ4v) is 3.54. The van der Waals surface area contributed by atoms with Crippen molar-refractivity contribution in [3.63, 3.8) is 0 Å². The quantitative estimate of drug-likeness (QED) is 0.280. The molecule has 0 radical (unpaired) electrons. The molecule has 1 aromatic rings. The van der Waals surface area contributed by atoms with E-state index in [1.807, 2.05) is 37.4 Å². The van der Waals surface area contributed by atoms with Crippen molar-refractivity contribution in [2.45, 2.75) is 33.7 Å². The summed E-state index contributed by atoms with van der Waals surface area (Å²) in [5, 5.41) is 20.1. The van der Waals surface area contributed by atoms with Gasteiger partial charge in [0.05, 0.1) is 11.6 Å². The lowest BCUT2D eigenvalue weighted by molar-refractivity contribution is 0.278. The zero-order valence-electron chi connectivity index (χ0n) is 20.0. The third-order valence-corrected chi connectivity index (χ3v) is 4.97. The molecule has 8 heteroatoms. The van der Waals surface area contributed by atoms with Crippen LogP contribution in [-0.2, 0) is 11.3 Å². The van der Waals surface area contributed by atoms with Gasteiger partial charge in [-0.15, -0.1) is 0 Å². The van der Waals surface area contributed by atoms with E-state index >= 15 is 0 Å². The minimum Gasteiger partial charge on any atom is -0.479 e. The predicted octanol–water partition coefficient (Wildman–Crippen LogP) is 5.25. The van der Waals surface area contributed by atoms with E-state index in [0.29, 0.717) is 25.6 Å². The molecule has 2 atom stereocenters. The molecule has 0 bridgehead atoms. The number of hydrazone groups is 2. The Hall–Kier alpha value is -2.55. The Balaban J connectivity index is 0.00000101. The van der Waals surface area contributed by atoms with E-state index in [9.17, 15) is 0 Å². The first-order valence-electron chi connectivity index (χ1n) is 11.1. The molecular weight excluding hydrogens is 482 g/mol. The second kappa shape index (κ2) is 17.0. The number of benzene rings is 1. The fourth-order valence-electron chi connectivity index (χ4n) is 3.11. The fraction of sp³-hybridized carbons (Fsp3) is 0.400. The number of nitrogens with one attached hydrogen (secondary N) is 1. The third-order valence-electron chi connectivity index (χ3n) is 4.44. The van der Waals surface area contributed by atoms with Gasteiger partial charge in [-0.3, -0.25) is 0 Å². The van der Waals surface area contributed by atoms with Gasteiger partial charge in [-0.1, -0.05) is 78.7 Å². The molecule has 2 aliphatic rings. The van der Waals surface area contributed by atoms with Gasteiger partial charge in [0.25, 0.3) is 0 Å². The molecule has 0 saturated carbocycles. The van der Waals surface area contributed by atoms with Crippen LogP contribution in [0.2, 0.25) is 0 Å². The lowest BCUT2D eigenvalue weighted by Gasteiger charge is -2.26. The summed E-state index contributed by atoms with van der Waals surface area (Å²) < 4.78 is 7.01. The summed E-state index contributed by atoms with van der Waals surface area (Å²) in [6.07, 6.45) is 13.2. The molecule has 2 unspecified atom stereocenters. The van der Waals surface area contributed by atoms with E-state index in [4.69, 9.17) is 9.84 Å². The summed E-state index contributed by atoms with van der Waals surface area (Å²) in [5.74, 6) is 1.23. The van der Waals surface area contributed by atoms with Gasteiger partial charge in [-0.05, 0) is 18.6 Å². The number of hydrogen-bond acceptors (Lipinski definition) is 7. The van der Waals surface area contributed by atoms with Crippen LogP contribution in [-0.4, -0.2) is 44.2 Å². The van der Waals surface area contributed by atoms with Crippen molar-refractivity contribution >= 4 is 40.4 Å². The molecule has 0 spiro atoms. The van der Waals surface area contributed by atoms with Crippen LogP contribution in [0.3, 0.4) is 0 Å². The molecule has 1 aliphatic heterocycles. The molecular formula is C25H36BrN5O2. The molecule has 0 amide bonds. The van der Waals surface area contributed by atoms with Gasteiger partial charge < -0.3 is 15.2 Å². The summed E-state index contributed by atoms with van der Waals surface area (Å²) >= 11 is 3.53. The van der Waals surface area contributed by atoms with Gasteiger partial charge in [0.2, 0.25) is 0 Å². The lowest BCUT2D eigenvalue weighted by Crippen LogP contribution is -2.29. The van der Waals surface area contributed by atoms with Crippen LogP contribution in [0.25, 0.3) is 0 Å². The van der Waals surface area contributed by atoms with Crippen LogP contribution in [0.1, 0.15) is 32.8 Å². The SMILES string of the molecule is C=NN(/N=C\C)c1ccccc1CNCCOC1=NC=CC2C=CC(Br)=CC12.CCC.CO. The molecule has 180 valence electrons. The summed E-state index contributed by atoms with van der Waals surface area (Å²) in [7, 11) is 1.00. The van der Waals surface area contributed by atoms with E-state index < -0.39 is 0 Å². The van der Waals surface area contributed by atoms with Gasteiger partial charge in [0, 0.05) is 49.7 Å². The van der Waals surface area contributed by atoms with E-state index in [1.54, 1.807) is 6.21 Å². The van der Waals surface area contributed by atoms with Crippen molar-refractivity contribution in [2.24, 2.45) is 27.0 Å².